The molecule has 24 heavy (non-hydrogen) atoms. The van der Waals surface area contributed by atoms with Crippen molar-refractivity contribution in [2.45, 2.75) is 25.8 Å². The van der Waals surface area contributed by atoms with Crippen LogP contribution in [-0.4, -0.2) is 28.8 Å². The van der Waals surface area contributed by atoms with Crippen molar-refractivity contribution in [1.82, 2.24) is 15.1 Å². The first kappa shape index (κ1) is 15.7. The van der Waals surface area contributed by atoms with E-state index in [0.717, 1.165) is 43.7 Å². The molecule has 2 N–H and O–H groups in total. The van der Waals surface area contributed by atoms with Gasteiger partial charge in [-0.15, -0.1) is 0 Å². The standard InChI is InChI=1S/C18H21ClN4O/c19-14-3-1-13(2-4-14)12-23-16(5-8-21-23)22-17(24)15-11-18(15)6-9-20-10-7-18/h1-5,8,15,20H,6-7,9-12H2,(H,22,24). The predicted octanol–water partition coefficient (Wildman–Crippen LogP) is 2.91. The average Bonchev–Trinajstić information content (AvgIpc) is 3.10. The van der Waals surface area contributed by atoms with Gasteiger partial charge in [0.2, 0.25) is 5.91 Å². The van der Waals surface area contributed by atoms with Gasteiger partial charge in [0.05, 0.1) is 12.7 Å². The molecule has 1 aromatic carbocycles. The number of carbonyl (C=O) groups is 1. The van der Waals surface area contributed by atoms with Gasteiger partial charge in [0.1, 0.15) is 5.82 Å². The molecule has 2 fully saturated rings. The molecule has 1 amide bonds. The molecule has 2 aromatic rings. The maximum Gasteiger partial charge on any atom is 0.229 e. The molecule has 1 unspecified atom stereocenters. The first-order chi connectivity index (χ1) is 11.7. The summed E-state index contributed by atoms with van der Waals surface area (Å²) in [5.41, 5.74) is 1.34. The van der Waals surface area contributed by atoms with E-state index in [0.29, 0.717) is 11.6 Å². The molecule has 0 radical (unpaired) electrons. The van der Waals surface area contributed by atoms with Crippen molar-refractivity contribution >= 4 is 23.3 Å². The molecule has 1 spiro atoms. The fourth-order valence-corrected chi connectivity index (χ4v) is 3.86. The van der Waals surface area contributed by atoms with Gasteiger partial charge in [-0.25, -0.2) is 4.68 Å². The lowest BCUT2D eigenvalue weighted by Gasteiger charge is -2.23. The number of aromatic nitrogens is 2. The van der Waals surface area contributed by atoms with Crippen molar-refractivity contribution in [2.24, 2.45) is 11.3 Å². The molecule has 1 saturated heterocycles. The smallest absolute Gasteiger partial charge is 0.229 e. The van der Waals surface area contributed by atoms with E-state index in [9.17, 15) is 4.79 Å². The Morgan fingerprint density at radius 3 is 2.79 bits per heavy atom. The summed E-state index contributed by atoms with van der Waals surface area (Å²) in [5, 5.41) is 11.5. The number of carbonyl (C=O) groups excluding carboxylic acids is 1. The number of rotatable bonds is 4. The highest BCUT2D eigenvalue weighted by molar-refractivity contribution is 6.30. The Kier molecular flexibility index (Phi) is 4.06. The summed E-state index contributed by atoms with van der Waals surface area (Å²) in [6, 6.07) is 9.53. The monoisotopic (exact) mass is 344 g/mol. The Labute approximate surface area is 146 Å². The minimum Gasteiger partial charge on any atom is -0.317 e. The summed E-state index contributed by atoms with van der Waals surface area (Å²) in [6.07, 6.45) is 4.95. The third-order valence-electron chi connectivity index (χ3n) is 5.32. The van der Waals surface area contributed by atoms with E-state index in [2.05, 4.69) is 15.7 Å². The van der Waals surface area contributed by atoms with E-state index < -0.39 is 0 Å². The minimum absolute atomic E-state index is 0.134. The number of halogens is 1. The molecular formula is C18H21ClN4O. The van der Waals surface area contributed by atoms with Gasteiger partial charge in [-0.3, -0.25) is 4.79 Å². The van der Waals surface area contributed by atoms with Gasteiger partial charge in [-0.05, 0) is 55.5 Å². The van der Waals surface area contributed by atoms with Crippen LogP contribution in [-0.2, 0) is 11.3 Å². The number of hydrogen-bond acceptors (Lipinski definition) is 3. The third kappa shape index (κ3) is 3.06. The molecule has 1 atom stereocenters. The van der Waals surface area contributed by atoms with Crippen LogP contribution in [0.3, 0.4) is 0 Å². The van der Waals surface area contributed by atoms with Crippen LogP contribution in [0.1, 0.15) is 24.8 Å². The zero-order chi connectivity index (χ0) is 16.6. The van der Waals surface area contributed by atoms with Crippen molar-refractivity contribution in [3.8, 4) is 0 Å². The fraction of sp³-hybridized carbons (Fsp3) is 0.444. The fourth-order valence-electron chi connectivity index (χ4n) is 3.74. The molecule has 126 valence electrons. The molecule has 4 rings (SSSR count). The zero-order valence-corrected chi connectivity index (χ0v) is 14.2. The normalized spacial score (nSPS) is 21.6. The maximum absolute atomic E-state index is 12.6. The van der Waals surface area contributed by atoms with Crippen LogP contribution in [0.15, 0.2) is 36.5 Å². The van der Waals surface area contributed by atoms with Crippen LogP contribution >= 0.6 is 11.6 Å². The first-order valence-electron chi connectivity index (χ1n) is 8.44. The second-order valence-electron chi connectivity index (χ2n) is 6.86. The van der Waals surface area contributed by atoms with Crippen molar-refractivity contribution in [1.29, 1.82) is 0 Å². The molecule has 1 aromatic heterocycles. The van der Waals surface area contributed by atoms with Gasteiger partial charge in [-0.2, -0.15) is 5.10 Å². The summed E-state index contributed by atoms with van der Waals surface area (Å²) in [4.78, 5) is 12.6. The highest BCUT2D eigenvalue weighted by Gasteiger charge is 2.57. The second-order valence-corrected chi connectivity index (χ2v) is 7.30. The lowest BCUT2D eigenvalue weighted by Crippen LogP contribution is -2.31. The van der Waals surface area contributed by atoms with Gasteiger partial charge in [0, 0.05) is 17.0 Å². The van der Waals surface area contributed by atoms with Gasteiger partial charge in [0.15, 0.2) is 0 Å². The van der Waals surface area contributed by atoms with Gasteiger partial charge < -0.3 is 10.6 Å². The SMILES string of the molecule is O=C(Nc1ccnn1Cc1ccc(Cl)cc1)C1CC12CCNCC2. The van der Waals surface area contributed by atoms with Crippen molar-refractivity contribution in [3.63, 3.8) is 0 Å². The Bertz CT molecular complexity index is 734. The van der Waals surface area contributed by atoms with Crippen molar-refractivity contribution < 1.29 is 4.79 Å². The van der Waals surface area contributed by atoms with Crippen LogP contribution in [0, 0.1) is 11.3 Å². The number of amides is 1. The Morgan fingerprint density at radius 1 is 1.29 bits per heavy atom. The number of nitrogens with zero attached hydrogens (tertiary/aromatic N) is 2. The Morgan fingerprint density at radius 2 is 2.04 bits per heavy atom. The number of benzene rings is 1. The van der Waals surface area contributed by atoms with Crippen LogP contribution < -0.4 is 10.6 Å². The van der Waals surface area contributed by atoms with Crippen LogP contribution in [0.2, 0.25) is 5.02 Å². The van der Waals surface area contributed by atoms with Crippen molar-refractivity contribution in [3.05, 3.63) is 47.1 Å². The van der Waals surface area contributed by atoms with E-state index in [1.165, 1.54) is 0 Å². The number of hydrogen-bond donors (Lipinski definition) is 2. The predicted molar refractivity (Wildman–Crippen MR) is 94.1 cm³/mol. The summed E-state index contributed by atoms with van der Waals surface area (Å²) < 4.78 is 1.82. The molecule has 6 heteroatoms. The quantitative estimate of drug-likeness (QED) is 0.896. The molecular weight excluding hydrogens is 324 g/mol. The largest absolute Gasteiger partial charge is 0.317 e. The van der Waals surface area contributed by atoms with E-state index in [1.54, 1.807) is 6.20 Å². The van der Waals surface area contributed by atoms with Crippen LogP contribution in [0.25, 0.3) is 0 Å². The van der Waals surface area contributed by atoms with Gasteiger partial charge in [0.25, 0.3) is 0 Å². The zero-order valence-electron chi connectivity index (χ0n) is 13.5. The van der Waals surface area contributed by atoms with Crippen LogP contribution in [0.5, 0.6) is 0 Å². The van der Waals surface area contributed by atoms with Gasteiger partial charge >= 0.3 is 0 Å². The average molecular weight is 345 g/mol. The summed E-state index contributed by atoms with van der Waals surface area (Å²) >= 11 is 5.92. The van der Waals surface area contributed by atoms with Gasteiger partial charge in [-0.1, -0.05) is 23.7 Å². The van der Waals surface area contributed by atoms with E-state index >= 15 is 0 Å². The molecule has 0 bridgehead atoms. The lowest BCUT2D eigenvalue weighted by atomic mass is 9.92. The molecule has 1 aliphatic carbocycles. The molecule has 2 heterocycles. The molecule has 1 aliphatic heterocycles. The third-order valence-corrected chi connectivity index (χ3v) is 5.57. The first-order valence-corrected chi connectivity index (χ1v) is 8.82. The number of anilines is 1. The minimum atomic E-state index is 0.134. The topological polar surface area (TPSA) is 59.0 Å². The maximum atomic E-state index is 12.6. The Hall–Kier alpha value is -1.85. The summed E-state index contributed by atoms with van der Waals surface area (Å²) in [6.45, 7) is 2.66. The van der Waals surface area contributed by atoms with E-state index in [1.807, 2.05) is 35.0 Å². The lowest BCUT2D eigenvalue weighted by molar-refractivity contribution is -0.118. The number of nitrogens with one attached hydrogen (secondary N) is 2. The summed E-state index contributed by atoms with van der Waals surface area (Å²) in [5.74, 6) is 1.04. The Balaban J connectivity index is 1.41. The van der Waals surface area contributed by atoms with Crippen LogP contribution in [0.4, 0.5) is 5.82 Å². The summed E-state index contributed by atoms with van der Waals surface area (Å²) in [7, 11) is 0. The number of piperidine rings is 1. The van der Waals surface area contributed by atoms with E-state index in [4.69, 9.17) is 11.6 Å². The van der Waals surface area contributed by atoms with E-state index in [-0.39, 0.29) is 17.2 Å². The molecule has 2 aliphatic rings. The molecule has 1 saturated carbocycles. The second kappa shape index (κ2) is 6.22. The highest BCUT2D eigenvalue weighted by atomic mass is 35.5. The van der Waals surface area contributed by atoms with Crippen molar-refractivity contribution in [2.75, 3.05) is 18.4 Å². The molecule has 5 nitrogen and oxygen atoms in total. The highest BCUT2D eigenvalue weighted by Crippen LogP contribution is 2.58.